The van der Waals surface area contributed by atoms with E-state index in [-0.39, 0.29) is 30.6 Å². The first-order valence-electron chi connectivity index (χ1n) is 9.88. The van der Waals surface area contributed by atoms with Gasteiger partial charge in [0.15, 0.2) is 24.2 Å². The monoisotopic (exact) mass is 480 g/mol. The van der Waals surface area contributed by atoms with Crippen molar-refractivity contribution in [1.29, 1.82) is 0 Å². The van der Waals surface area contributed by atoms with E-state index in [1.165, 1.54) is 23.4 Å². The van der Waals surface area contributed by atoms with E-state index < -0.39 is 32.1 Å². The number of carbonyl (C=O) groups excluding carboxylic acids is 1. The minimum atomic E-state index is -4.82. The van der Waals surface area contributed by atoms with E-state index in [0.717, 1.165) is 16.8 Å². The van der Waals surface area contributed by atoms with Gasteiger partial charge in [0.1, 0.15) is 0 Å². The van der Waals surface area contributed by atoms with Gasteiger partial charge in [-0.25, -0.2) is 18.0 Å². The van der Waals surface area contributed by atoms with Crippen LogP contribution in [0.3, 0.4) is 0 Å². The lowest BCUT2D eigenvalue weighted by Crippen LogP contribution is -2.43. The molecule has 33 heavy (non-hydrogen) atoms. The molecular formula is C19H19F2N6O5P. The number of hydrogen-bond donors (Lipinski definition) is 2. The number of piperidine rings is 1. The summed E-state index contributed by atoms with van der Waals surface area (Å²) in [6.45, 7) is -0.363. The quantitative estimate of drug-likeness (QED) is 0.486. The van der Waals surface area contributed by atoms with Crippen molar-refractivity contribution in [3.8, 4) is 11.4 Å². The Kier molecular flexibility index (Phi) is 6.56. The number of carbonyl (C=O) groups is 1. The molecule has 14 heteroatoms. The lowest BCUT2D eigenvalue weighted by Gasteiger charge is -2.31. The number of nitrogens with zero attached hydrogens (tertiary/aromatic N) is 6. The van der Waals surface area contributed by atoms with E-state index >= 15 is 0 Å². The molecule has 1 atom stereocenters. The van der Waals surface area contributed by atoms with Gasteiger partial charge in [-0.3, -0.25) is 14.2 Å². The van der Waals surface area contributed by atoms with Gasteiger partial charge in [-0.05, 0) is 43.0 Å². The zero-order valence-corrected chi connectivity index (χ0v) is 18.0. The number of hydrogen-bond acceptors (Lipinski definition) is 7. The molecule has 0 saturated carbocycles. The number of amides is 1. The Labute approximate surface area is 186 Å². The molecule has 1 unspecified atom stereocenters. The van der Waals surface area contributed by atoms with Gasteiger partial charge in [-0.1, -0.05) is 6.07 Å². The molecule has 4 rings (SSSR count). The lowest BCUT2D eigenvalue weighted by atomic mass is 9.90. The maximum absolute atomic E-state index is 13.6. The van der Waals surface area contributed by atoms with E-state index in [1.54, 1.807) is 6.07 Å². The highest BCUT2D eigenvalue weighted by atomic mass is 31.2. The van der Waals surface area contributed by atoms with E-state index in [9.17, 15) is 18.1 Å². The standard InChI is InChI=1S/C19H19F2N6O5P/c20-15-4-3-12(9-16(15)21)8-13-2-1-7-26(18(13)28)19-24-17(14-5-6-22-23-10-14)25-27(19)11-32-33(29,30)31/h3-6,9-10,13H,1-2,7-8,11H2,(H2,29,30,31). The molecular weight excluding hydrogens is 461 g/mol. The fourth-order valence-electron chi connectivity index (χ4n) is 3.58. The van der Waals surface area contributed by atoms with Crippen molar-refractivity contribution in [3.05, 3.63) is 53.9 Å². The van der Waals surface area contributed by atoms with Crippen molar-refractivity contribution >= 4 is 19.7 Å². The van der Waals surface area contributed by atoms with Crippen molar-refractivity contribution in [2.24, 2.45) is 5.92 Å². The van der Waals surface area contributed by atoms with Crippen LogP contribution in [0.15, 0.2) is 36.7 Å². The molecule has 0 spiro atoms. The van der Waals surface area contributed by atoms with Gasteiger partial charge in [0.05, 0.1) is 12.4 Å². The third-order valence-corrected chi connectivity index (χ3v) is 5.55. The second kappa shape index (κ2) is 9.40. The summed E-state index contributed by atoms with van der Waals surface area (Å²) >= 11 is 0. The van der Waals surface area contributed by atoms with Gasteiger partial charge in [0.2, 0.25) is 11.9 Å². The normalized spacial score (nSPS) is 16.9. The predicted molar refractivity (Wildman–Crippen MR) is 109 cm³/mol. The highest BCUT2D eigenvalue weighted by molar-refractivity contribution is 7.46. The number of benzene rings is 1. The van der Waals surface area contributed by atoms with Crippen LogP contribution in [0.2, 0.25) is 0 Å². The minimum absolute atomic E-state index is 0.0373. The summed E-state index contributed by atoms with van der Waals surface area (Å²) in [6.07, 6.45) is 4.14. The molecule has 2 aromatic heterocycles. The van der Waals surface area contributed by atoms with Gasteiger partial charge in [0.25, 0.3) is 0 Å². The van der Waals surface area contributed by atoms with Crippen LogP contribution in [0.25, 0.3) is 11.4 Å². The van der Waals surface area contributed by atoms with E-state index in [4.69, 9.17) is 9.79 Å². The summed E-state index contributed by atoms with van der Waals surface area (Å²) in [5, 5.41) is 11.6. The van der Waals surface area contributed by atoms with Crippen molar-refractivity contribution in [1.82, 2.24) is 25.0 Å². The van der Waals surface area contributed by atoms with Crippen LogP contribution < -0.4 is 4.90 Å². The molecule has 1 saturated heterocycles. The molecule has 174 valence electrons. The minimum Gasteiger partial charge on any atom is -0.303 e. The van der Waals surface area contributed by atoms with Crippen LogP contribution in [0, 0.1) is 17.6 Å². The highest BCUT2D eigenvalue weighted by Gasteiger charge is 2.33. The van der Waals surface area contributed by atoms with Crippen LogP contribution in [0.1, 0.15) is 18.4 Å². The van der Waals surface area contributed by atoms with Crippen LogP contribution >= 0.6 is 7.82 Å². The SMILES string of the molecule is O=C1C(Cc2ccc(F)c(F)c2)CCCN1c1nc(-c2ccnnc2)nn1COP(=O)(O)O. The summed E-state index contributed by atoms with van der Waals surface area (Å²) in [5.74, 6) is -2.61. The molecule has 0 aliphatic carbocycles. The number of phosphoric ester groups is 1. The molecule has 0 bridgehead atoms. The van der Waals surface area contributed by atoms with Crippen LogP contribution in [0.4, 0.5) is 14.7 Å². The summed E-state index contributed by atoms with van der Waals surface area (Å²) in [7, 11) is -4.82. The van der Waals surface area contributed by atoms with E-state index in [0.29, 0.717) is 24.0 Å². The molecule has 1 aliphatic rings. The molecule has 1 aromatic carbocycles. The van der Waals surface area contributed by atoms with Crippen molar-refractivity contribution < 1.29 is 32.5 Å². The Balaban J connectivity index is 1.62. The second-order valence-corrected chi connectivity index (χ2v) is 8.64. The fraction of sp³-hybridized carbons (Fsp3) is 0.316. The molecule has 3 heterocycles. The molecule has 2 N–H and O–H groups in total. The van der Waals surface area contributed by atoms with E-state index in [2.05, 4.69) is 24.8 Å². The number of halogens is 2. The van der Waals surface area contributed by atoms with Gasteiger partial charge in [-0.2, -0.15) is 15.2 Å². The van der Waals surface area contributed by atoms with Crippen molar-refractivity contribution in [3.63, 3.8) is 0 Å². The molecule has 3 aromatic rings. The highest BCUT2D eigenvalue weighted by Crippen LogP contribution is 2.37. The number of phosphoric acid groups is 1. The third-order valence-electron chi connectivity index (χ3n) is 5.10. The second-order valence-electron chi connectivity index (χ2n) is 7.40. The van der Waals surface area contributed by atoms with Crippen molar-refractivity contribution in [2.75, 3.05) is 11.4 Å². The third kappa shape index (κ3) is 5.45. The average molecular weight is 480 g/mol. The van der Waals surface area contributed by atoms with Crippen LogP contribution in [-0.2, 0) is 27.0 Å². The average Bonchev–Trinajstić information content (AvgIpc) is 3.21. The predicted octanol–water partition coefficient (Wildman–Crippen LogP) is 2.07. The zero-order chi connectivity index (χ0) is 23.6. The Morgan fingerprint density at radius 3 is 2.70 bits per heavy atom. The number of rotatable bonds is 7. The topological polar surface area (TPSA) is 144 Å². The van der Waals surface area contributed by atoms with E-state index in [1.807, 2.05) is 0 Å². The molecule has 1 amide bonds. The molecule has 1 aliphatic heterocycles. The van der Waals surface area contributed by atoms with Gasteiger partial charge < -0.3 is 9.79 Å². The maximum Gasteiger partial charge on any atom is 0.471 e. The van der Waals surface area contributed by atoms with Crippen molar-refractivity contribution in [2.45, 2.75) is 26.0 Å². The molecule has 11 nitrogen and oxygen atoms in total. The van der Waals surface area contributed by atoms with Gasteiger partial charge in [0, 0.05) is 18.0 Å². The fourth-order valence-corrected chi connectivity index (χ4v) is 3.84. The number of anilines is 1. The Morgan fingerprint density at radius 2 is 2.00 bits per heavy atom. The molecule has 1 fully saturated rings. The Morgan fingerprint density at radius 1 is 1.18 bits per heavy atom. The molecule has 0 radical (unpaired) electrons. The maximum atomic E-state index is 13.6. The first kappa shape index (κ1) is 23.1. The first-order chi connectivity index (χ1) is 15.7. The van der Waals surface area contributed by atoms with Gasteiger partial charge in [-0.15, -0.1) is 5.10 Å². The lowest BCUT2D eigenvalue weighted by molar-refractivity contribution is -0.123. The Hall–Kier alpha value is -3.12. The zero-order valence-electron chi connectivity index (χ0n) is 17.1. The smallest absolute Gasteiger partial charge is 0.303 e. The summed E-state index contributed by atoms with van der Waals surface area (Å²) in [4.78, 5) is 37.1. The summed E-state index contributed by atoms with van der Waals surface area (Å²) in [6, 6.07) is 5.09. The van der Waals surface area contributed by atoms with Gasteiger partial charge >= 0.3 is 7.82 Å². The largest absolute Gasteiger partial charge is 0.471 e. The summed E-state index contributed by atoms with van der Waals surface area (Å²) < 4.78 is 43.7. The Bertz CT molecular complexity index is 1200. The van der Waals surface area contributed by atoms with Crippen LogP contribution in [-0.4, -0.2) is 47.2 Å². The summed E-state index contributed by atoms with van der Waals surface area (Å²) in [5.41, 5.74) is 0.952. The first-order valence-corrected chi connectivity index (χ1v) is 11.4. The number of aromatic nitrogens is 5. The van der Waals surface area contributed by atoms with Crippen LogP contribution in [0.5, 0.6) is 0 Å².